The van der Waals surface area contributed by atoms with Crippen molar-refractivity contribution < 1.29 is 48.2 Å². The molecule has 3 fully saturated rings. The van der Waals surface area contributed by atoms with Gasteiger partial charge in [0.2, 0.25) is 18.3 Å². The van der Waals surface area contributed by atoms with E-state index in [9.17, 15) is 34.0 Å². The maximum absolute atomic E-state index is 12.6. The van der Waals surface area contributed by atoms with E-state index in [2.05, 4.69) is 57.2 Å². The van der Waals surface area contributed by atoms with Crippen molar-refractivity contribution in [2.24, 2.45) is 17.8 Å². The second-order valence-electron chi connectivity index (χ2n) is 20.3. The summed E-state index contributed by atoms with van der Waals surface area (Å²) in [7, 11) is 0. The van der Waals surface area contributed by atoms with Crippen molar-refractivity contribution in [1.29, 1.82) is 0 Å². The summed E-state index contributed by atoms with van der Waals surface area (Å²) in [6, 6.07) is 54.5. The van der Waals surface area contributed by atoms with Gasteiger partial charge < -0.3 is 9.47 Å². The lowest BCUT2D eigenvalue weighted by Crippen LogP contribution is -2.27. The Kier molecular flexibility index (Phi) is 20.4. The van der Waals surface area contributed by atoms with Crippen molar-refractivity contribution in [3.05, 3.63) is 228 Å². The van der Waals surface area contributed by atoms with Gasteiger partial charge in [0, 0.05) is 97.9 Å². The maximum atomic E-state index is 12.6. The summed E-state index contributed by atoms with van der Waals surface area (Å²) in [5.74, 6) is 1.45. The number of ketones is 3. The molecule has 6 aromatic carbocycles. The van der Waals surface area contributed by atoms with E-state index >= 15 is 0 Å². The van der Waals surface area contributed by atoms with Gasteiger partial charge in [-0.25, -0.2) is 4.98 Å². The molecular weight excluding hydrogens is 1060 g/mol. The predicted octanol–water partition coefficient (Wildman–Crippen LogP) is 13.0. The molecule has 3 aromatic heterocycles. The van der Waals surface area contributed by atoms with Gasteiger partial charge >= 0.3 is 17.9 Å². The summed E-state index contributed by atoms with van der Waals surface area (Å²) in [6.45, 7) is 3.72. The zero-order valence-electron chi connectivity index (χ0n) is 45.2. The van der Waals surface area contributed by atoms with Gasteiger partial charge in [0.05, 0.1) is 10.7 Å². The van der Waals surface area contributed by atoms with Gasteiger partial charge in [0.25, 0.3) is 0 Å². The average molecular weight is 1120 g/mol. The molecule has 9 aromatic rings. The Labute approximate surface area is 480 Å². The van der Waals surface area contributed by atoms with E-state index < -0.39 is 17.9 Å². The summed E-state index contributed by atoms with van der Waals surface area (Å²) < 4.78 is 10.2. The second-order valence-corrected chi connectivity index (χ2v) is 21.1. The lowest BCUT2D eigenvalue weighted by Gasteiger charge is -2.07. The number of halogens is 2. The molecule has 3 saturated carbocycles. The summed E-state index contributed by atoms with van der Waals surface area (Å²) >= 11 is 9.53. The van der Waals surface area contributed by atoms with Gasteiger partial charge in [-0.15, -0.1) is 23.2 Å². The van der Waals surface area contributed by atoms with Gasteiger partial charge in [0.1, 0.15) is 17.3 Å². The van der Waals surface area contributed by atoms with Crippen LogP contribution in [0.2, 0.25) is 0 Å². The van der Waals surface area contributed by atoms with Crippen molar-refractivity contribution >= 4 is 90.8 Å². The second kappa shape index (κ2) is 28.1. The molecule has 0 bridgehead atoms. The number of carbonyl (C=O) groups is 6. The van der Waals surface area contributed by atoms with Crippen LogP contribution in [-0.4, -0.2) is 55.8 Å². The van der Waals surface area contributed by atoms with E-state index in [1.165, 1.54) is 37.5 Å². The Morgan fingerprint density at radius 1 is 0.506 bits per heavy atom. The molecule has 0 amide bonds. The van der Waals surface area contributed by atoms with Crippen LogP contribution in [0.5, 0.6) is 5.88 Å². The number of rotatable bonds is 13. The quantitative estimate of drug-likeness (QED) is 0.0383. The minimum Gasteiger partial charge on any atom is -0.407 e. The Bertz CT molecular complexity index is 3660. The fraction of sp³-hybridized carbons (Fsp3) is 0.239. The number of hydrogen-bond donors (Lipinski definition) is 1. The van der Waals surface area contributed by atoms with Crippen LogP contribution in [-0.2, 0) is 52.8 Å². The predicted molar refractivity (Wildman–Crippen MR) is 313 cm³/mol. The van der Waals surface area contributed by atoms with Gasteiger partial charge in [0.15, 0.2) is 0 Å². The minimum absolute atomic E-state index is 0.127. The topological polar surface area (TPSA) is 171 Å². The van der Waals surface area contributed by atoms with Crippen molar-refractivity contribution in [1.82, 2.24) is 9.97 Å². The third-order valence-corrected chi connectivity index (χ3v) is 14.3. The van der Waals surface area contributed by atoms with E-state index in [-0.39, 0.29) is 28.9 Å². The molecule has 0 aliphatic heterocycles. The van der Waals surface area contributed by atoms with Gasteiger partial charge in [-0.3, -0.25) is 39.0 Å². The first-order valence-corrected chi connectivity index (χ1v) is 27.8. The Hall–Kier alpha value is -8.45. The average Bonchev–Trinajstić information content (AvgIpc) is 4.37. The number of Topliss-reactive ketones (excluding diaryl/α,β-unsaturated/α-hetero) is 3. The molecule has 6 atom stereocenters. The molecule has 12 rings (SSSR count). The number of esters is 3. The number of aromatic nitrogens is 3. The zero-order chi connectivity index (χ0) is 57.4. The third-order valence-electron chi connectivity index (χ3n) is 14.3. The molecule has 412 valence electrons. The molecule has 12 nitrogen and oxygen atoms in total. The van der Waals surface area contributed by atoms with Crippen LogP contribution in [0.25, 0.3) is 32.3 Å². The molecule has 1 N–H and O–H groups in total. The highest BCUT2D eigenvalue weighted by molar-refractivity contribution is 6.40. The first kappa shape index (κ1) is 58.7. The van der Waals surface area contributed by atoms with Crippen molar-refractivity contribution in [2.45, 2.75) is 77.0 Å². The van der Waals surface area contributed by atoms with Gasteiger partial charge in [-0.2, -0.15) is 0 Å². The molecule has 3 aliphatic rings. The van der Waals surface area contributed by atoms with E-state index in [1.54, 1.807) is 24.8 Å². The molecule has 14 heteroatoms. The fourth-order valence-corrected chi connectivity index (χ4v) is 10.2. The number of nitrogens with zero attached hydrogens (tertiary/aromatic N) is 3. The van der Waals surface area contributed by atoms with Crippen molar-refractivity contribution in [3.63, 3.8) is 0 Å². The molecule has 3 heterocycles. The van der Waals surface area contributed by atoms with Crippen LogP contribution >= 0.6 is 23.2 Å². The van der Waals surface area contributed by atoms with Crippen LogP contribution in [0.15, 0.2) is 195 Å². The monoisotopic (exact) mass is 1120 g/mol. The molecule has 81 heavy (non-hydrogen) atoms. The number of alkyl halides is 2. The highest BCUT2D eigenvalue weighted by Crippen LogP contribution is 2.50. The molecule has 0 saturated heterocycles. The summed E-state index contributed by atoms with van der Waals surface area (Å²) in [6.07, 6.45) is 12.9. The lowest BCUT2D eigenvalue weighted by atomic mass is 10.0. The SMILES string of the molecule is CC(=O)OC(C)=O.CC(=O)Oc1nccc2cc(CC(=O)[C@@H]3C[C@H]3c3ccccc3)ccc12.ClCCl.O=C(Cc1ccc2c[n+](O)ccc2c1)[C@@H]1C[C@H]1c1ccccc1.O=C(Cc1ccc2cnccc2c1)[C@@H]1C[C@H]1c1ccccc1. The number of benzene rings is 6. The minimum atomic E-state index is -0.562. The first-order valence-electron chi connectivity index (χ1n) is 26.7. The molecule has 3 aliphatic carbocycles. The van der Waals surface area contributed by atoms with E-state index in [0.717, 1.165) is 73.0 Å². The zero-order valence-corrected chi connectivity index (χ0v) is 46.7. The van der Waals surface area contributed by atoms with Crippen LogP contribution < -0.4 is 9.47 Å². The summed E-state index contributed by atoms with van der Waals surface area (Å²) in [4.78, 5) is 76.7. The van der Waals surface area contributed by atoms with Crippen LogP contribution in [0.4, 0.5) is 0 Å². The summed E-state index contributed by atoms with van der Waals surface area (Å²) in [5.41, 5.74) is 6.93. The Morgan fingerprint density at radius 3 is 1.37 bits per heavy atom. The number of hydrogen-bond acceptors (Lipinski definition) is 11. The number of fused-ring (bicyclic) bond motifs is 3. The van der Waals surface area contributed by atoms with Crippen molar-refractivity contribution in [2.75, 3.05) is 5.34 Å². The van der Waals surface area contributed by atoms with Crippen molar-refractivity contribution in [3.8, 4) is 5.88 Å². The number of pyridine rings is 3. The maximum Gasteiger partial charge on any atom is 0.310 e. The lowest BCUT2D eigenvalue weighted by molar-refractivity contribution is -0.903. The third kappa shape index (κ3) is 17.0. The highest BCUT2D eigenvalue weighted by Gasteiger charge is 2.45. The number of ether oxygens (including phenoxy) is 2. The molecule has 0 spiro atoms. The Balaban J connectivity index is 0.000000147. The number of carbonyl (C=O) groups excluding carboxylic acids is 6. The first-order chi connectivity index (χ1) is 39.2. The van der Waals surface area contributed by atoms with E-state index in [4.69, 9.17) is 27.9 Å². The standard InChI is InChI=1S/C22H19NO3.C20H18NO2.C20H17NO.C4H6O3.CH2Cl2/c1-14(24)26-22-18-8-7-15(11-17(18)9-10-23-22)12-21(25)20-13-19(20)16-5-3-2-4-6-16;22-20(19-12-18(19)15-4-2-1-3-5-15)11-14-6-7-17-13-21(23)9-8-16(17)10-14;22-20(19-12-18(19)15-4-2-1-3-5-15)11-14-6-7-17-13-21-9-8-16(17)10-14;1-3(5)7-4(2)6;2-1-3/h2-11,19-20H,12-13H2,1H3;1-10,13,18-19,23H,11-12H2;1-10,13,18-19H,11-12H2;1-2H3;1H2/q;+1;;;/t19-,20+;2*18-,19+;;/m000../s1. The normalized spacial score (nSPS) is 17.8. The fourth-order valence-electron chi connectivity index (χ4n) is 10.2. The molecule has 0 unspecified atom stereocenters. The van der Waals surface area contributed by atoms with Crippen LogP contribution in [0.1, 0.15) is 91.2 Å². The smallest absolute Gasteiger partial charge is 0.310 e. The highest BCUT2D eigenvalue weighted by atomic mass is 35.5. The van der Waals surface area contributed by atoms with Gasteiger partial charge in [-0.05, 0) is 111 Å². The van der Waals surface area contributed by atoms with E-state index in [0.29, 0.717) is 54.5 Å². The Morgan fingerprint density at radius 2 is 0.926 bits per heavy atom. The summed E-state index contributed by atoms with van der Waals surface area (Å²) in [5, 5.41) is 15.6. The van der Waals surface area contributed by atoms with Crippen LogP contribution in [0.3, 0.4) is 0 Å². The molecular formula is C67H62Cl2N3O9+. The largest absolute Gasteiger partial charge is 0.407 e. The van der Waals surface area contributed by atoms with Gasteiger partial charge in [-0.1, -0.05) is 133 Å². The van der Waals surface area contributed by atoms with Crippen LogP contribution in [0, 0.1) is 17.8 Å². The molecule has 0 radical (unpaired) electrons. The van der Waals surface area contributed by atoms with E-state index in [1.807, 2.05) is 128 Å².